The third-order valence-corrected chi connectivity index (χ3v) is 2.05. The first-order chi connectivity index (χ1) is 5.73. The van der Waals surface area contributed by atoms with Crippen LogP contribution in [0.4, 0.5) is 0 Å². The van der Waals surface area contributed by atoms with Crippen LogP contribution in [0.2, 0.25) is 0 Å². The number of rotatable bonds is 3. The van der Waals surface area contributed by atoms with E-state index in [1.54, 1.807) is 13.3 Å². The van der Waals surface area contributed by atoms with Gasteiger partial charge in [0.1, 0.15) is 5.60 Å². The van der Waals surface area contributed by atoms with Crippen LogP contribution in [-0.2, 0) is 10.3 Å². The quantitative estimate of drug-likeness (QED) is 0.725. The van der Waals surface area contributed by atoms with Gasteiger partial charge < -0.3 is 10.5 Å². The Balaban J connectivity index is 2.95. The molecule has 0 fully saturated rings. The second kappa shape index (κ2) is 3.65. The standard InChI is InChI=1S/C9H14N2O/c1-9(7-10,12-2)8-5-3-4-6-11-8/h3-6H,7,10H2,1-2H3. The summed E-state index contributed by atoms with van der Waals surface area (Å²) in [7, 11) is 1.64. The molecule has 2 N–H and O–H groups in total. The first-order valence-corrected chi connectivity index (χ1v) is 3.89. The van der Waals surface area contributed by atoms with Gasteiger partial charge in [0.05, 0.1) is 5.69 Å². The molecule has 0 aliphatic carbocycles. The summed E-state index contributed by atoms with van der Waals surface area (Å²) in [5, 5.41) is 0. The summed E-state index contributed by atoms with van der Waals surface area (Å²) < 4.78 is 5.29. The van der Waals surface area contributed by atoms with Crippen LogP contribution >= 0.6 is 0 Å². The highest BCUT2D eigenvalue weighted by atomic mass is 16.5. The zero-order chi connectivity index (χ0) is 9.03. The normalized spacial score (nSPS) is 15.6. The zero-order valence-electron chi connectivity index (χ0n) is 7.45. The fraction of sp³-hybridized carbons (Fsp3) is 0.444. The van der Waals surface area contributed by atoms with Crippen molar-refractivity contribution in [1.29, 1.82) is 0 Å². The molecule has 66 valence electrons. The van der Waals surface area contributed by atoms with Gasteiger partial charge in [-0.2, -0.15) is 0 Å². The minimum atomic E-state index is -0.457. The van der Waals surface area contributed by atoms with Gasteiger partial charge >= 0.3 is 0 Å². The molecule has 1 atom stereocenters. The molecular weight excluding hydrogens is 152 g/mol. The van der Waals surface area contributed by atoms with Crippen molar-refractivity contribution in [2.45, 2.75) is 12.5 Å². The van der Waals surface area contributed by atoms with E-state index in [4.69, 9.17) is 10.5 Å². The van der Waals surface area contributed by atoms with Crippen LogP contribution in [0.1, 0.15) is 12.6 Å². The Morgan fingerprint density at radius 2 is 2.33 bits per heavy atom. The smallest absolute Gasteiger partial charge is 0.119 e. The van der Waals surface area contributed by atoms with Gasteiger partial charge in [-0.3, -0.25) is 4.98 Å². The fourth-order valence-corrected chi connectivity index (χ4v) is 0.968. The van der Waals surface area contributed by atoms with Gasteiger partial charge in [0, 0.05) is 19.9 Å². The van der Waals surface area contributed by atoms with Gasteiger partial charge in [0.15, 0.2) is 0 Å². The predicted octanol–water partition coefficient (Wildman–Crippen LogP) is 0.902. The summed E-state index contributed by atoms with van der Waals surface area (Å²) >= 11 is 0. The molecule has 1 rings (SSSR count). The highest BCUT2D eigenvalue weighted by Gasteiger charge is 2.25. The zero-order valence-corrected chi connectivity index (χ0v) is 7.45. The van der Waals surface area contributed by atoms with Gasteiger partial charge in [-0.25, -0.2) is 0 Å². The van der Waals surface area contributed by atoms with E-state index in [1.807, 2.05) is 25.1 Å². The molecule has 0 amide bonds. The van der Waals surface area contributed by atoms with Gasteiger partial charge in [0.2, 0.25) is 0 Å². The van der Waals surface area contributed by atoms with Crippen LogP contribution in [-0.4, -0.2) is 18.6 Å². The second-order valence-electron chi connectivity index (χ2n) is 2.85. The predicted molar refractivity (Wildman–Crippen MR) is 47.7 cm³/mol. The molecule has 1 aromatic rings. The molecule has 0 saturated carbocycles. The van der Waals surface area contributed by atoms with Gasteiger partial charge in [-0.05, 0) is 19.1 Å². The Kier molecular flexibility index (Phi) is 2.78. The molecule has 3 nitrogen and oxygen atoms in total. The monoisotopic (exact) mass is 166 g/mol. The first-order valence-electron chi connectivity index (χ1n) is 3.89. The lowest BCUT2D eigenvalue weighted by molar-refractivity contribution is 0.00641. The van der Waals surface area contributed by atoms with Gasteiger partial charge in [-0.1, -0.05) is 6.07 Å². The first kappa shape index (κ1) is 9.16. The maximum absolute atomic E-state index is 5.58. The molecule has 1 heterocycles. The van der Waals surface area contributed by atoms with Crippen LogP contribution in [0, 0.1) is 0 Å². The molecule has 1 unspecified atom stereocenters. The Morgan fingerprint density at radius 1 is 1.58 bits per heavy atom. The van der Waals surface area contributed by atoms with Crippen molar-refractivity contribution in [3.63, 3.8) is 0 Å². The SMILES string of the molecule is COC(C)(CN)c1ccccn1. The van der Waals surface area contributed by atoms with Crippen molar-refractivity contribution in [1.82, 2.24) is 4.98 Å². The van der Waals surface area contributed by atoms with E-state index < -0.39 is 5.60 Å². The number of nitrogens with zero attached hydrogens (tertiary/aromatic N) is 1. The van der Waals surface area contributed by atoms with E-state index in [9.17, 15) is 0 Å². The summed E-state index contributed by atoms with van der Waals surface area (Å²) in [4.78, 5) is 4.19. The van der Waals surface area contributed by atoms with Crippen molar-refractivity contribution in [2.75, 3.05) is 13.7 Å². The highest BCUT2D eigenvalue weighted by molar-refractivity contribution is 5.12. The number of methoxy groups -OCH3 is 1. The van der Waals surface area contributed by atoms with E-state index in [-0.39, 0.29) is 0 Å². The van der Waals surface area contributed by atoms with E-state index in [0.717, 1.165) is 5.69 Å². The lowest BCUT2D eigenvalue weighted by atomic mass is 10.0. The van der Waals surface area contributed by atoms with Crippen molar-refractivity contribution >= 4 is 0 Å². The Morgan fingerprint density at radius 3 is 2.75 bits per heavy atom. The summed E-state index contributed by atoms with van der Waals surface area (Å²) in [6.45, 7) is 2.36. The average molecular weight is 166 g/mol. The number of nitrogens with two attached hydrogens (primary N) is 1. The van der Waals surface area contributed by atoms with Crippen LogP contribution in [0.5, 0.6) is 0 Å². The molecule has 0 radical (unpaired) electrons. The molecule has 3 heteroatoms. The maximum Gasteiger partial charge on any atom is 0.119 e. The van der Waals surface area contributed by atoms with Crippen LogP contribution in [0.25, 0.3) is 0 Å². The van der Waals surface area contributed by atoms with Crippen molar-refractivity contribution < 1.29 is 4.74 Å². The molecule has 0 bridgehead atoms. The lowest BCUT2D eigenvalue weighted by Crippen LogP contribution is -2.34. The summed E-state index contributed by atoms with van der Waals surface area (Å²) in [6.07, 6.45) is 1.74. The van der Waals surface area contributed by atoms with Crippen molar-refractivity contribution in [3.8, 4) is 0 Å². The molecule has 0 saturated heterocycles. The van der Waals surface area contributed by atoms with Crippen LogP contribution in [0.3, 0.4) is 0 Å². The number of hydrogen-bond donors (Lipinski definition) is 1. The Bertz CT molecular complexity index is 232. The average Bonchev–Trinajstić information content (AvgIpc) is 2.18. The van der Waals surface area contributed by atoms with E-state index in [2.05, 4.69) is 4.98 Å². The molecule has 0 aliphatic rings. The van der Waals surface area contributed by atoms with Gasteiger partial charge in [-0.15, -0.1) is 0 Å². The second-order valence-corrected chi connectivity index (χ2v) is 2.85. The van der Waals surface area contributed by atoms with E-state index >= 15 is 0 Å². The summed E-state index contributed by atoms with van der Waals surface area (Å²) in [6, 6.07) is 5.71. The fourth-order valence-electron chi connectivity index (χ4n) is 0.968. The molecule has 0 aromatic carbocycles. The van der Waals surface area contributed by atoms with E-state index in [1.165, 1.54) is 0 Å². The summed E-state index contributed by atoms with van der Waals surface area (Å²) in [5.41, 5.74) is 6.00. The minimum Gasteiger partial charge on any atom is -0.371 e. The maximum atomic E-state index is 5.58. The molecule has 12 heavy (non-hydrogen) atoms. The van der Waals surface area contributed by atoms with Crippen LogP contribution in [0.15, 0.2) is 24.4 Å². The van der Waals surface area contributed by atoms with Crippen LogP contribution < -0.4 is 5.73 Å². The van der Waals surface area contributed by atoms with Gasteiger partial charge in [0.25, 0.3) is 0 Å². The summed E-state index contributed by atoms with van der Waals surface area (Å²) in [5.74, 6) is 0. The molecule has 0 spiro atoms. The number of hydrogen-bond acceptors (Lipinski definition) is 3. The third-order valence-electron chi connectivity index (χ3n) is 2.05. The molecule has 0 aliphatic heterocycles. The van der Waals surface area contributed by atoms with Crippen molar-refractivity contribution in [2.24, 2.45) is 5.73 Å². The van der Waals surface area contributed by atoms with Crippen molar-refractivity contribution in [3.05, 3.63) is 30.1 Å². The largest absolute Gasteiger partial charge is 0.371 e. The molecular formula is C9H14N2O. The highest BCUT2D eigenvalue weighted by Crippen LogP contribution is 2.19. The molecule has 1 aromatic heterocycles. The number of pyridine rings is 1. The van der Waals surface area contributed by atoms with E-state index in [0.29, 0.717) is 6.54 Å². The third kappa shape index (κ3) is 1.62. The lowest BCUT2D eigenvalue weighted by Gasteiger charge is -2.25. The Hall–Kier alpha value is -0.930. The number of ether oxygens (including phenoxy) is 1. The number of aromatic nitrogens is 1. The topological polar surface area (TPSA) is 48.1 Å². The minimum absolute atomic E-state index is 0.431. The Labute approximate surface area is 72.6 Å².